The van der Waals surface area contributed by atoms with Crippen LogP contribution in [0.4, 0.5) is 5.13 Å². The number of anilines is 1. The van der Waals surface area contributed by atoms with E-state index in [1.807, 2.05) is 17.6 Å². The molecule has 23 heavy (non-hydrogen) atoms. The Morgan fingerprint density at radius 1 is 1.13 bits per heavy atom. The van der Waals surface area contributed by atoms with Crippen molar-refractivity contribution in [2.45, 2.75) is 20.4 Å². The maximum atomic E-state index is 4.66. The third kappa shape index (κ3) is 3.09. The summed E-state index contributed by atoms with van der Waals surface area (Å²) in [5.41, 5.74) is 3.77. The molecule has 1 fully saturated rings. The van der Waals surface area contributed by atoms with Crippen molar-refractivity contribution in [3.05, 3.63) is 47.3 Å². The largest absolute Gasteiger partial charge is 0.344 e. The molecule has 6 heteroatoms. The second-order valence-corrected chi connectivity index (χ2v) is 7.18. The lowest BCUT2D eigenvalue weighted by molar-refractivity contribution is 0.249. The molecule has 0 bridgehead atoms. The quantitative estimate of drug-likeness (QED) is 0.741. The van der Waals surface area contributed by atoms with Gasteiger partial charge >= 0.3 is 0 Å². The molecule has 3 heterocycles. The van der Waals surface area contributed by atoms with E-state index in [0.29, 0.717) is 0 Å². The summed E-state index contributed by atoms with van der Waals surface area (Å²) in [6.45, 7) is 9.41. The van der Waals surface area contributed by atoms with Crippen molar-refractivity contribution in [3.63, 3.8) is 0 Å². The molecule has 4 rings (SSSR count). The molecule has 0 atom stereocenters. The molecule has 1 aliphatic rings. The van der Waals surface area contributed by atoms with E-state index >= 15 is 0 Å². The summed E-state index contributed by atoms with van der Waals surface area (Å²) in [6.07, 6.45) is 1.99. The summed E-state index contributed by atoms with van der Waals surface area (Å²) in [6, 6.07) is 8.80. The van der Waals surface area contributed by atoms with Gasteiger partial charge in [0.15, 0.2) is 0 Å². The van der Waals surface area contributed by atoms with Crippen LogP contribution in [0.1, 0.15) is 16.8 Å². The van der Waals surface area contributed by atoms with Crippen LogP contribution in [-0.2, 0) is 6.54 Å². The number of piperazine rings is 1. The van der Waals surface area contributed by atoms with Crippen LogP contribution < -0.4 is 4.90 Å². The lowest BCUT2D eigenvalue weighted by atomic mass is 10.1. The number of aromatic nitrogens is 3. The standard InChI is InChI=1S/C17H21N5S/c1-13-4-3-5-15(10-13)12-20-6-8-21(9-7-20)17-19-22-11-14(2)18-16(22)23-17/h3-5,10-11H,6-9,12H2,1-2H3. The molecule has 0 spiro atoms. The normalized spacial score (nSPS) is 16.3. The Balaban J connectivity index is 1.39. The Morgan fingerprint density at radius 3 is 2.70 bits per heavy atom. The fourth-order valence-electron chi connectivity index (χ4n) is 3.09. The Morgan fingerprint density at radius 2 is 1.96 bits per heavy atom. The lowest BCUT2D eigenvalue weighted by Crippen LogP contribution is -2.46. The lowest BCUT2D eigenvalue weighted by Gasteiger charge is -2.34. The maximum Gasteiger partial charge on any atom is 0.214 e. The first-order chi connectivity index (χ1) is 11.2. The van der Waals surface area contributed by atoms with Crippen LogP contribution in [0.25, 0.3) is 4.96 Å². The minimum Gasteiger partial charge on any atom is -0.344 e. The molecular formula is C17H21N5S. The van der Waals surface area contributed by atoms with Crippen LogP contribution in [0.15, 0.2) is 30.5 Å². The summed E-state index contributed by atoms with van der Waals surface area (Å²) < 4.78 is 1.90. The number of nitrogens with zero attached hydrogens (tertiary/aromatic N) is 5. The maximum absolute atomic E-state index is 4.66. The number of hydrogen-bond acceptors (Lipinski definition) is 5. The van der Waals surface area contributed by atoms with Crippen LogP contribution in [0.3, 0.4) is 0 Å². The number of fused-ring (bicyclic) bond motifs is 1. The number of benzene rings is 1. The third-order valence-corrected chi connectivity index (χ3v) is 5.27. The zero-order valence-electron chi connectivity index (χ0n) is 13.6. The van der Waals surface area contributed by atoms with Crippen LogP contribution in [0.2, 0.25) is 0 Å². The van der Waals surface area contributed by atoms with Crippen molar-refractivity contribution in [2.24, 2.45) is 0 Å². The SMILES string of the molecule is Cc1cccc(CN2CCN(c3nn4cc(C)nc4s3)CC2)c1. The minimum atomic E-state index is 0.986. The average Bonchev–Trinajstić information content (AvgIpc) is 3.05. The molecule has 1 aromatic carbocycles. The summed E-state index contributed by atoms with van der Waals surface area (Å²) in [5, 5.41) is 5.74. The van der Waals surface area contributed by atoms with Gasteiger partial charge in [0.05, 0.1) is 11.9 Å². The molecule has 0 amide bonds. The number of imidazole rings is 1. The van der Waals surface area contributed by atoms with Gasteiger partial charge in [0.1, 0.15) is 0 Å². The molecule has 3 aromatic rings. The number of aryl methyl sites for hydroxylation is 2. The average molecular weight is 327 g/mol. The highest BCUT2D eigenvalue weighted by Crippen LogP contribution is 2.24. The van der Waals surface area contributed by atoms with Gasteiger partial charge in [0.25, 0.3) is 0 Å². The van der Waals surface area contributed by atoms with Gasteiger partial charge in [-0.25, -0.2) is 9.50 Å². The smallest absolute Gasteiger partial charge is 0.214 e. The van der Waals surface area contributed by atoms with Gasteiger partial charge in [-0.05, 0) is 19.4 Å². The monoisotopic (exact) mass is 327 g/mol. The molecule has 0 radical (unpaired) electrons. The first kappa shape index (κ1) is 14.7. The Kier molecular flexibility index (Phi) is 3.79. The fourth-order valence-corrected chi connectivity index (χ4v) is 4.07. The van der Waals surface area contributed by atoms with Gasteiger partial charge in [-0.2, -0.15) is 0 Å². The van der Waals surface area contributed by atoms with E-state index in [-0.39, 0.29) is 0 Å². The topological polar surface area (TPSA) is 36.7 Å². The summed E-state index contributed by atoms with van der Waals surface area (Å²) >= 11 is 1.68. The molecule has 5 nitrogen and oxygen atoms in total. The molecule has 1 aliphatic heterocycles. The van der Waals surface area contributed by atoms with E-state index in [4.69, 9.17) is 0 Å². The zero-order chi connectivity index (χ0) is 15.8. The van der Waals surface area contributed by atoms with Gasteiger partial charge in [-0.15, -0.1) is 5.10 Å². The number of rotatable bonds is 3. The highest BCUT2D eigenvalue weighted by Gasteiger charge is 2.20. The van der Waals surface area contributed by atoms with Gasteiger partial charge in [-0.3, -0.25) is 4.90 Å². The van der Waals surface area contributed by atoms with Crippen molar-refractivity contribution in [2.75, 3.05) is 31.1 Å². The summed E-state index contributed by atoms with van der Waals surface area (Å²) in [5.74, 6) is 0. The van der Waals surface area contributed by atoms with Crippen molar-refractivity contribution in [3.8, 4) is 0 Å². The predicted molar refractivity (Wildman–Crippen MR) is 94.3 cm³/mol. The zero-order valence-corrected chi connectivity index (χ0v) is 14.4. The third-order valence-electron chi connectivity index (χ3n) is 4.28. The van der Waals surface area contributed by atoms with Crippen molar-refractivity contribution in [1.29, 1.82) is 0 Å². The highest BCUT2D eigenvalue weighted by atomic mass is 32.1. The van der Waals surface area contributed by atoms with Gasteiger partial charge in [-0.1, -0.05) is 41.2 Å². The fraction of sp³-hybridized carbons (Fsp3) is 0.412. The van der Waals surface area contributed by atoms with Crippen LogP contribution in [0.5, 0.6) is 0 Å². The first-order valence-corrected chi connectivity index (χ1v) is 8.85. The molecule has 0 N–H and O–H groups in total. The van der Waals surface area contributed by atoms with E-state index in [0.717, 1.165) is 48.5 Å². The Bertz CT molecular complexity index is 782. The van der Waals surface area contributed by atoms with Crippen LogP contribution in [-0.4, -0.2) is 45.7 Å². The molecular weight excluding hydrogens is 306 g/mol. The van der Waals surface area contributed by atoms with E-state index in [1.165, 1.54) is 11.1 Å². The molecule has 2 aromatic heterocycles. The van der Waals surface area contributed by atoms with Gasteiger partial charge in [0.2, 0.25) is 10.1 Å². The van der Waals surface area contributed by atoms with Gasteiger partial charge in [0, 0.05) is 32.7 Å². The van der Waals surface area contributed by atoms with Crippen LogP contribution >= 0.6 is 11.3 Å². The van der Waals surface area contributed by atoms with E-state index in [1.54, 1.807) is 11.3 Å². The minimum absolute atomic E-state index is 0.986. The summed E-state index contributed by atoms with van der Waals surface area (Å²) in [7, 11) is 0. The van der Waals surface area contributed by atoms with Crippen molar-refractivity contribution >= 4 is 21.4 Å². The van der Waals surface area contributed by atoms with Crippen LogP contribution in [0, 0.1) is 13.8 Å². The first-order valence-electron chi connectivity index (χ1n) is 8.03. The van der Waals surface area contributed by atoms with E-state index in [9.17, 15) is 0 Å². The summed E-state index contributed by atoms with van der Waals surface area (Å²) in [4.78, 5) is 10.4. The Hall–Kier alpha value is -1.92. The molecule has 120 valence electrons. The van der Waals surface area contributed by atoms with Gasteiger partial charge < -0.3 is 4.90 Å². The predicted octanol–water partition coefficient (Wildman–Crippen LogP) is 2.73. The van der Waals surface area contributed by atoms with Crippen molar-refractivity contribution < 1.29 is 0 Å². The molecule has 0 aliphatic carbocycles. The van der Waals surface area contributed by atoms with E-state index < -0.39 is 0 Å². The molecule has 0 saturated carbocycles. The second-order valence-electron chi connectivity index (χ2n) is 6.25. The van der Waals surface area contributed by atoms with E-state index in [2.05, 4.69) is 51.1 Å². The highest BCUT2D eigenvalue weighted by molar-refractivity contribution is 7.20. The second kappa shape index (κ2) is 5.94. The van der Waals surface area contributed by atoms with Crippen molar-refractivity contribution in [1.82, 2.24) is 19.5 Å². The molecule has 0 unspecified atom stereocenters. The Labute approximate surface area is 140 Å². The number of hydrogen-bond donors (Lipinski definition) is 0. The molecule has 1 saturated heterocycles.